The molecular formula is C9H9BrO3. The molecule has 1 rings (SSSR count). The van der Waals surface area contributed by atoms with Gasteiger partial charge < -0.3 is 9.84 Å². The third-order valence-electron chi connectivity index (χ3n) is 1.73. The number of aryl methyl sites for hydroxylation is 1. The van der Waals surface area contributed by atoms with Gasteiger partial charge in [-0.3, -0.25) is 0 Å². The lowest BCUT2D eigenvalue weighted by Gasteiger charge is -2.06. The largest absolute Gasteiger partial charge is 0.496 e. The van der Waals surface area contributed by atoms with Crippen molar-refractivity contribution < 1.29 is 14.6 Å². The minimum Gasteiger partial charge on any atom is -0.496 e. The highest BCUT2D eigenvalue weighted by Crippen LogP contribution is 2.28. The smallest absolute Gasteiger partial charge is 0.336 e. The van der Waals surface area contributed by atoms with Gasteiger partial charge in [0, 0.05) is 0 Å². The normalized spacial score (nSPS) is 9.77. The zero-order chi connectivity index (χ0) is 10.0. The van der Waals surface area contributed by atoms with Gasteiger partial charge in [0.05, 0.1) is 17.1 Å². The van der Waals surface area contributed by atoms with Gasteiger partial charge in [0.2, 0.25) is 0 Å². The zero-order valence-corrected chi connectivity index (χ0v) is 8.88. The summed E-state index contributed by atoms with van der Waals surface area (Å²) in [6, 6.07) is 3.23. The van der Waals surface area contributed by atoms with E-state index in [0.29, 0.717) is 11.3 Å². The molecule has 4 heteroatoms. The van der Waals surface area contributed by atoms with Gasteiger partial charge in [-0.15, -0.1) is 0 Å². The maximum Gasteiger partial charge on any atom is 0.336 e. The summed E-state index contributed by atoms with van der Waals surface area (Å²) in [5, 5.41) is 8.81. The lowest BCUT2D eigenvalue weighted by atomic mass is 10.1. The third-order valence-corrected chi connectivity index (χ3v) is 2.35. The molecule has 0 spiro atoms. The molecule has 0 saturated heterocycles. The predicted octanol–water partition coefficient (Wildman–Crippen LogP) is 2.46. The van der Waals surface area contributed by atoms with Crippen molar-refractivity contribution in [3.63, 3.8) is 0 Å². The first-order valence-electron chi connectivity index (χ1n) is 3.63. The summed E-state index contributed by atoms with van der Waals surface area (Å²) in [6.45, 7) is 1.74. The second-order valence-corrected chi connectivity index (χ2v) is 3.46. The van der Waals surface area contributed by atoms with Crippen molar-refractivity contribution in [2.75, 3.05) is 7.11 Å². The summed E-state index contributed by atoms with van der Waals surface area (Å²) in [7, 11) is 1.50. The Balaban J connectivity index is 3.30. The minimum atomic E-state index is -0.941. The number of hydrogen-bond donors (Lipinski definition) is 1. The van der Waals surface area contributed by atoms with Crippen molar-refractivity contribution in [2.45, 2.75) is 6.92 Å². The van der Waals surface area contributed by atoms with E-state index in [1.54, 1.807) is 13.0 Å². The average molecular weight is 245 g/mol. The number of methoxy groups -OCH3 is 1. The van der Waals surface area contributed by atoms with Crippen LogP contribution < -0.4 is 4.74 Å². The molecule has 3 nitrogen and oxygen atoms in total. The van der Waals surface area contributed by atoms with Gasteiger partial charge >= 0.3 is 5.97 Å². The van der Waals surface area contributed by atoms with Crippen LogP contribution in [0.2, 0.25) is 0 Å². The van der Waals surface area contributed by atoms with Crippen LogP contribution >= 0.6 is 15.9 Å². The molecule has 0 saturated carbocycles. The monoisotopic (exact) mass is 244 g/mol. The van der Waals surface area contributed by atoms with Crippen LogP contribution in [0.15, 0.2) is 16.6 Å². The number of benzene rings is 1. The Kier molecular flexibility index (Phi) is 2.93. The summed E-state index contributed by atoms with van der Waals surface area (Å²) in [4.78, 5) is 10.7. The fraction of sp³-hybridized carbons (Fsp3) is 0.222. The van der Waals surface area contributed by atoms with Crippen LogP contribution in [0.25, 0.3) is 0 Å². The van der Waals surface area contributed by atoms with Crippen molar-refractivity contribution in [2.24, 2.45) is 0 Å². The van der Waals surface area contributed by atoms with E-state index < -0.39 is 5.97 Å². The van der Waals surface area contributed by atoms with Crippen LogP contribution in [0.3, 0.4) is 0 Å². The first kappa shape index (κ1) is 10.1. The molecule has 0 bridgehead atoms. The van der Waals surface area contributed by atoms with Crippen LogP contribution in [-0.2, 0) is 0 Å². The summed E-state index contributed by atoms with van der Waals surface area (Å²) in [5.74, 6) is -0.411. The Morgan fingerprint density at radius 2 is 2.15 bits per heavy atom. The van der Waals surface area contributed by atoms with Crippen molar-refractivity contribution in [3.8, 4) is 5.75 Å². The molecule has 0 fully saturated rings. The van der Waals surface area contributed by atoms with Gasteiger partial charge in [-0.05, 0) is 40.5 Å². The number of halogens is 1. The molecule has 0 heterocycles. The molecule has 70 valence electrons. The molecule has 0 radical (unpaired) electrons. The number of rotatable bonds is 2. The number of ether oxygens (including phenoxy) is 1. The minimum absolute atomic E-state index is 0.264. The molecule has 0 atom stereocenters. The highest BCUT2D eigenvalue weighted by atomic mass is 79.9. The SMILES string of the molecule is COc1cc(C(=O)O)c(C)cc1Br. The molecule has 1 aromatic carbocycles. The second kappa shape index (κ2) is 3.79. The topological polar surface area (TPSA) is 46.5 Å². The summed E-state index contributed by atoms with van der Waals surface area (Å²) >= 11 is 3.27. The van der Waals surface area contributed by atoms with E-state index in [9.17, 15) is 4.79 Å². The van der Waals surface area contributed by atoms with E-state index in [0.717, 1.165) is 4.47 Å². The molecule has 0 aromatic heterocycles. The van der Waals surface area contributed by atoms with Crippen molar-refractivity contribution in [1.29, 1.82) is 0 Å². The average Bonchev–Trinajstić information content (AvgIpc) is 2.03. The summed E-state index contributed by atoms with van der Waals surface area (Å²) in [5.41, 5.74) is 0.972. The second-order valence-electron chi connectivity index (χ2n) is 2.61. The van der Waals surface area contributed by atoms with Crippen molar-refractivity contribution in [1.82, 2.24) is 0 Å². The molecular weight excluding hydrogens is 236 g/mol. The standard InChI is InChI=1S/C9H9BrO3/c1-5-3-7(10)8(13-2)4-6(5)9(11)12/h3-4H,1-2H3,(H,11,12). The molecule has 0 amide bonds. The highest BCUT2D eigenvalue weighted by molar-refractivity contribution is 9.10. The van der Waals surface area contributed by atoms with Gasteiger partial charge in [-0.2, -0.15) is 0 Å². The van der Waals surface area contributed by atoms with Gasteiger partial charge in [0.25, 0.3) is 0 Å². The molecule has 1 N–H and O–H groups in total. The number of carbonyl (C=O) groups is 1. The van der Waals surface area contributed by atoms with Gasteiger partial charge in [0.15, 0.2) is 0 Å². The van der Waals surface area contributed by atoms with E-state index in [4.69, 9.17) is 9.84 Å². The van der Waals surface area contributed by atoms with Gasteiger partial charge in [0.1, 0.15) is 5.75 Å². The van der Waals surface area contributed by atoms with Crippen molar-refractivity contribution in [3.05, 3.63) is 27.7 Å². The summed E-state index contributed by atoms with van der Waals surface area (Å²) < 4.78 is 5.74. The van der Waals surface area contributed by atoms with Crippen LogP contribution in [-0.4, -0.2) is 18.2 Å². The molecule has 13 heavy (non-hydrogen) atoms. The Morgan fingerprint density at radius 3 is 2.62 bits per heavy atom. The fourth-order valence-electron chi connectivity index (χ4n) is 1.04. The van der Waals surface area contributed by atoms with E-state index in [1.165, 1.54) is 13.2 Å². The van der Waals surface area contributed by atoms with Crippen LogP contribution in [0, 0.1) is 6.92 Å². The van der Waals surface area contributed by atoms with Crippen LogP contribution in [0.1, 0.15) is 15.9 Å². The third kappa shape index (κ3) is 2.01. The lowest BCUT2D eigenvalue weighted by molar-refractivity contribution is 0.0695. The van der Waals surface area contributed by atoms with E-state index >= 15 is 0 Å². The number of hydrogen-bond acceptors (Lipinski definition) is 2. The Bertz CT molecular complexity index is 347. The maximum atomic E-state index is 10.7. The Hall–Kier alpha value is -1.03. The molecule has 0 aliphatic rings. The molecule has 0 aliphatic carbocycles. The van der Waals surface area contributed by atoms with Crippen molar-refractivity contribution >= 4 is 21.9 Å². The number of carboxylic acids is 1. The number of carboxylic acid groups (broad SMARTS) is 1. The zero-order valence-electron chi connectivity index (χ0n) is 7.30. The van der Waals surface area contributed by atoms with E-state index in [1.807, 2.05) is 0 Å². The van der Waals surface area contributed by atoms with Crippen LogP contribution in [0.5, 0.6) is 5.75 Å². The summed E-state index contributed by atoms with van der Waals surface area (Å²) in [6.07, 6.45) is 0. The molecule has 0 unspecified atom stereocenters. The Morgan fingerprint density at radius 1 is 1.54 bits per heavy atom. The first-order chi connectivity index (χ1) is 6.06. The predicted molar refractivity (Wildman–Crippen MR) is 52.4 cm³/mol. The van der Waals surface area contributed by atoms with E-state index in [2.05, 4.69) is 15.9 Å². The Labute approximate surface area is 84.5 Å². The van der Waals surface area contributed by atoms with Gasteiger partial charge in [-0.1, -0.05) is 0 Å². The quantitative estimate of drug-likeness (QED) is 0.870. The fourth-order valence-corrected chi connectivity index (χ4v) is 1.66. The molecule has 0 aliphatic heterocycles. The number of aromatic carboxylic acids is 1. The lowest BCUT2D eigenvalue weighted by Crippen LogP contribution is -2.00. The first-order valence-corrected chi connectivity index (χ1v) is 4.43. The molecule has 1 aromatic rings. The highest BCUT2D eigenvalue weighted by Gasteiger charge is 2.10. The van der Waals surface area contributed by atoms with Gasteiger partial charge in [-0.25, -0.2) is 4.79 Å². The maximum absolute atomic E-state index is 10.7. The van der Waals surface area contributed by atoms with Crippen LogP contribution in [0.4, 0.5) is 0 Å². The van der Waals surface area contributed by atoms with E-state index in [-0.39, 0.29) is 5.56 Å².